The summed E-state index contributed by atoms with van der Waals surface area (Å²) in [6, 6.07) is 5.64. The van der Waals surface area contributed by atoms with Crippen LogP contribution in [-0.4, -0.2) is 38.9 Å². The van der Waals surface area contributed by atoms with Crippen molar-refractivity contribution >= 4 is 28.2 Å². The fourth-order valence-corrected chi connectivity index (χ4v) is 3.75. The molecule has 0 aromatic carbocycles. The number of rotatable bonds is 4. The zero-order valence-corrected chi connectivity index (χ0v) is 14.6. The van der Waals surface area contributed by atoms with Gasteiger partial charge in [0.05, 0.1) is 0 Å². The number of carbonyl (C=O) groups excluding carboxylic acids is 1. The van der Waals surface area contributed by atoms with Crippen LogP contribution in [0.15, 0.2) is 35.1 Å². The molecule has 1 aliphatic rings. The van der Waals surface area contributed by atoms with E-state index >= 15 is 0 Å². The van der Waals surface area contributed by atoms with Gasteiger partial charge in [-0.05, 0) is 31.9 Å². The number of aryl methyl sites for hydroxylation is 1. The minimum atomic E-state index is -0.0231. The van der Waals surface area contributed by atoms with Crippen molar-refractivity contribution in [2.45, 2.75) is 19.8 Å². The summed E-state index contributed by atoms with van der Waals surface area (Å²) >= 11 is 1.56. The van der Waals surface area contributed by atoms with Crippen LogP contribution in [0.4, 0.5) is 10.9 Å². The number of amides is 1. The van der Waals surface area contributed by atoms with Gasteiger partial charge in [0.25, 0.3) is 0 Å². The van der Waals surface area contributed by atoms with Gasteiger partial charge in [-0.15, -0.1) is 10.2 Å². The highest BCUT2D eigenvalue weighted by atomic mass is 32.1. The lowest BCUT2D eigenvalue weighted by molar-refractivity contribution is -0.120. The lowest BCUT2D eigenvalue weighted by atomic mass is 9.96. The molecule has 130 valence electrons. The van der Waals surface area contributed by atoms with Gasteiger partial charge in [0, 0.05) is 37.5 Å². The van der Waals surface area contributed by atoms with Gasteiger partial charge in [0.2, 0.25) is 16.2 Å². The Hall–Kier alpha value is -2.68. The first-order valence-electron chi connectivity index (χ1n) is 8.15. The van der Waals surface area contributed by atoms with Crippen LogP contribution in [0.3, 0.4) is 0 Å². The minimum absolute atomic E-state index is 0.00163. The lowest BCUT2D eigenvalue weighted by Crippen LogP contribution is -2.38. The average molecular weight is 358 g/mol. The first-order valence-corrected chi connectivity index (χ1v) is 8.96. The molecular weight excluding hydrogens is 340 g/mol. The van der Waals surface area contributed by atoms with E-state index in [9.17, 15) is 4.79 Å². The monoisotopic (exact) mass is 358 g/mol. The van der Waals surface area contributed by atoms with Crippen molar-refractivity contribution in [1.82, 2.24) is 19.9 Å². The topological polar surface area (TPSA) is 89.1 Å². The molecule has 4 rings (SSSR count). The van der Waals surface area contributed by atoms with E-state index in [4.69, 9.17) is 4.52 Å². The minimum Gasteiger partial charge on any atom is -0.360 e. The summed E-state index contributed by atoms with van der Waals surface area (Å²) in [5.41, 5.74) is 0. The Morgan fingerprint density at radius 1 is 1.24 bits per heavy atom. The highest BCUT2D eigenvalue weighted by Gasteiger charge is 2.27. The molecule has 8 nitrogen and oxygen atoms in total. The van der Waals surface area contributed by atoms with E-state index in [2.05, 4.69) is 25.6 Å². The smallest absolute Gasteiger partial charge is 0.228 e. The predicted molar refractivity (Wildman–Crippen MR) is 94.0 cm³/mol. The quantitative estimate of drug-likeness (QED) is 0.771. The highest BCUT2D eigenvalue weighted by molar-refractivity contribution is 7.17. The van der Waals surface area contributed by atoms with Crippen LogP contribution >= 0.6 is 11.3 Å². The van der Waals surface area contributed by atoms with E-state index in [1.807, 2.05) is 29.1 Å². The van der Waals surface area contributed by atoms with Gasteiger partial charge >= 0.3 is 0 Å². The van der Waals surface area contributed by atoms with Crippen molar-refractivity contribution in [3.63, 3.8) is 0 Å². The third-order valence-corrected chi connectivity index (χ3v) is 5.24. The molecule has 4 heterocycles. The second-order valence-corrected chi connectivity index (χ2v) is 6.97. The molecule has 0 atom stereocenters. The van der Waals surface area contributed by atoms with Crippen molar-refractivity contribution in [3.05, 3.63) is 36.4 Å². The number of hydrogen-bond donors (Lipinski definition) is 1. The molecule has 1 fully saturated rings. The van der Waals surface area contributed by atoms with Gasteiger partial charge in [0.15, 0.2) is 5.82 Å². The summed E-state index contributed by atoms with van der Waals surface area (Å²) in [7, 11) is 0. The maximum Gasteiger partial charge on any atom is 0.228 e. The highest BCUT2D eigenvalue weighted by Crippen LogP contribution is 2.28. The van der Waals surface area contributed by atoms with E-state index < -0.39 is 0 Å². The molecular formula is C16H18N6O2S. The number of piperidine rings is 1. The maximum absolute atomic E-state index is 12.3. The first kappa shape index (κ1) is 15.8. The maximum atomic E-state index is 12.3. The molecule has 0 aliphatic carbocycles. The van der Waals surface area contributed by atoms with Gasteiger partial charge in [-0.2, -0.15) is 0 Å². The molecule has 3 aromatic rings. The van der Waals surface area contributed by atoms with E-state index in [-0.39, 0.29) is 11.8 Å². The van der Waals surface area contributed by atoms with E-state index in [1.165, 1.54) is 0 Å². The van der Waals surface area contributed by atoms with Gasteiger partial charge < -0.3 is 14.7 Å². The third-order valence-electron chi connectivity index (χ3n) is 4.24. The first-order chi connectivity index (χ1) is 12.2. The molecule has 0 bridgehead atoms. The number of nitrogens with zero attached hydrogens (tertiary/aromatic N) is 5. The van der Waals surface area contributed by atoms with Crippen LogP contribution in [0.25, 0.3) is 5.13 Å². The van der Waals surface area contributed by atoms with Gasteiger partial charge in [-0.3, -0.25) is 9.36 Å². The molecule has 1 aliphatic heterocycles. The number of anilines is 2. The second-order valence-electron chi connectivity index (χ2n) is 6.03. The Kier molecular flexibility index (Phi) is 4.22. The zero-order valence-electron chi connectivity index (χ0n) is 13.8. The van der Waals surface area contributed by atoms with Crippen molar-refractivity contribution < 1.29 is 9.32 Å². The molecule has 1 N–H and O–H groups in total. The number of nitrogens with one attached hydrogen (secondary N) is 1. The van der Waals surface area contributed by atoms with Crippen LogP contribution < -0.4 is 10.2 Å². The Morgan fingerprint density at radius 2 is 1.96 bits per heavy atom. The number of carbonyl (C=O) groups is 1. The Labute approximate surface area is 148 Å². The molecule has 0 unspecified atom stereocenters. The van der Waals surface area contributed by atoms with Crippen molar-refractivity contribution in [3.8, 4) is 5.13 Å². The van der Waals surface area contributed by atoms with Crippen molar-refractivity contribution in [2.24, 2.45) is 5.92 Å². The Balaban J connectivity index is 1.34. The normalized spacial score (nSPS) is 15.5. The Morgan fingerprint density at radius 3 is 2.64 bits per heavy atom. The second kappa shape index (κ2) is 6.67. The summed E-state index contributed by atoms with van der Waals surface area (Å²) in [5, 5.41) is 16.9. The van der Waals surface area contributed by atoms with Crippen LogP contribution in [-0.2, 0) is 4.79 Å². The van der Waals surface area contributed by atoms with Crippen molar-refractivity contribution in [1.29, 1.82) is 0 Å². The average Bonchev–Trinajstić information content (AvgIpc) is 3.36. The lowest BCUT2D eigenvalue weighted by Gasteiger charge is -2.30. The fraction of sp³-hybridized carbons (Fsp3) is 0.375. The summed E-state index contributed by atoms with van der Waals surface area (Å²) in [6.45, 7) is 3.37. The molecule has 0 spiro atoms. The van der Waals surface area contributed by atoms with Crippen LogP contribution in [0, 0.1) is 12.8 Å². The van der Waals surface area contributed by atoms with E-state index in [0.717, 1.165) is 36.2 Å². The van der Waals surface area contributed by atoms with Gasteiger partial charge in [0.1, 0.15) is 5.76 Å². The molecule has 3 aromatic heterocycles. The SMILES string of the molecule is Cc1cc(NC(=O)C2CCN(c3nnc(-n4cccc4)s3)CC2)no1. The van der Waals surface area contributed by atoms with Crippen LogP contribution in [0.5, 0.6) is 0 Å². The Bertz CT molecular complexity index is 848. The molecule has 0 saturated carbocycles. The van der Waals surface area contributed by atoms with E-state index in [1.54, 1.807) is 24.3 Å². The van der Waals surface area contributed by atoms with Crippen LogP contribution in [0.2, 0.25) is 0 Å². The van der Waals surface area contributed by atoms with Gasteiger partial charge in [-0.25, -0.2) is 0 Å². The molecule has 1 amide bonds. The largest absolute Gasteiger partial charge is 0.360 e. The molecule has 9 heteroatoms. The predicted octanol–water partition coefficient (Wildman–Crippen LogP) is 2.48. The third kappa shape index (κ3) is 3.41. The standard InChI is InChI=1S/C16H18N6O2S/c1-11-10-13(20-24-11)17-14(23)12-4-8-22(9-5-12)16-19-18-15(25-16)21-6-2-3-7-21/h2-3,6-7,10,12H,4-5,8-9H2,1H3,(H,17,20,23). The summed E-state index contributed by atoms with van der Waals surface area (Å²) < 4.78 is 6.92. The number of hydrogen-bond acceptors (Lipinski definition) is 7. The fourth-order valence-electron chi connectivity index (χ4n) is 2.89. The summed E-state index contributed by atoms with van der Waals surface area (Å²) in [5.74, 6) is 1.13. The molecule has 1 saturated heterocycles. The van der Waals surface area contributed by atoms with Gasteiger partial charge in [-0.1, -0.05) is 16.5 Å². The van der Waals surface area contributed by atoms with Crippen molar-refractivity contribution in [2.75, 3.05) is 23.3 Å². The summed E-state index contributed by atoms with van der Waals surface area (Å²) in [6.07, 6.45) is 5.46. The zero-order chi connectivity index (χ0) is 17.2. The number of aromatic nitrogens is 4. The van der Waals surface area contributed by atoms with E-state index in [0.29, 0.717) is 11.6 Å². The molecule has 25 heavy (non-hydrogen) atoms. The van der Waals surface area contributed by atoms with Crippen LogP contribution in [0.1, 0.15) is 18.6 Å². The molecule has 0 radical (unpaired) electrons. The summed E-state index contributed by atoms with van der Waals surface area (Å²) in [4.78, 5) is 14.5.